The highest BCUT2D eigenvalue weighted by Crippen LogP contribution is 2.41. The number of para-hydroxylation sites is 6. The fourth-order valence-corrected chi connectivity index (χ4v) is 8.38. The molecular weight excluding hydrogens is 665 g/mol. The molecule has 12 rings (SSSR count). The summed E-state index contributed by atoms with van der Waals surface area (Å²) >= 11 is 0. The molecule has 0 aliphatic heterocycles. The number of nitrogens with zero attached hydrogens (tertiary/aromatic N) is 4. The SMILES string of the molecule is c1ccc2oc(-c3ccc4c(c3)c3cc(-c5nc6ccccc6o5)ccc3n4-c3ccc(-n4c5ccccc5c5ccccc54)c4ccccc34)nc2c1. The zero-order valence-corrected chi connectivity index (χ0v) is 28.8. The normalized spacial score (nSPS) is 12.1. The minimum atomic E-state index is 0.593. The van der Waals surface area contributed by atoms with Gasteiger partial charge in [-0.1, -0.05) is 84.9 Å². The number of rotatable bonds is 4. The Morgan fingerprint density at radius 3 is 1.19 bits per heavy atom. The summed E-state index contributed by atoms with van der Waals surface area (Å²) in [5, 5.41) is 6.97. The summed E-state index contributed by atoms with van der Waals surface area (Å²) in [7, 11) is 0. The molecule has 54 heavy (non-hydrogen) atoms. The van der Waals surface area contributed by atoms with Gasteiger partial charge >= 0.3 is 0 Å². The van der Waals surface area contributed by atoms with Crippen LogP contribution in [-0.4, -0.2) is 19.1 Å². The molecule has 8 aromatic carbocycles. The van der Waals surface area contributed by atoms with Crippen molar-refractivity contribution in [3.8, 4) is 34.3 Å². The number of hydrogen-bond acceptors (Lipinski definition) is 4. The Kier molecular flexibility index (Phi) is 5.96. The summed E-state index contributed by atoms with van der Waals surface area (Å²) in [4.78, 5) is 9.68. The molecular formula is C48H28N4O2. The predicted molar refractivity (Wildman–Crippen MR) is 219 cm³/mol. The van der Waals surface area contributed by atoms with Gasteiger partial charge in [-0.2, -0.15) is 0 Å². The number of benzene rings is 8. The summed E-state index contributed by atoms with van der Waals surface area (Å²) in [5.41, 5.74) is 11.8. The van der Waals surface area contributed by atoms with Crippen LogP contribution in [-0.2, 0) is 0 Å². The zero-order chi connectivity index (χ0) is 35.3. The molecule has 0 aliphatic carbocycles. The lowest BCUT2D eigenvalue weighted by Crippen LogP contribution is -2.00. The van der Waals surface area contributed by atoms with E-state index in [1.54, 1.807) is 0 Å². The highest BCUT2D eigenvalue weighted by atomic mass is 16.4. The van der Waals surface area contributed by atoms with E-state index in [1.807, 2.05) is 48.5 Å². The van der Waals surface area contributed by atoms with Gasteiger partial charge in [-0.05, 0) is 84.9 Å². The molecule has 4 aromatic heterocycles. The van der Waals surface area contributed by atoms with Crippen molar-refractivity contribution in [2.75, 3.05) is 0 Å². The van der Waals surface area contributed by atoms with Crippen molar-refractivity contribution in [3.05, 3.63) is 170 Å². The molecule has 0 saturated heterocycles. The van der Waals surface area contributed by atoms with Crippen LogP contribution in [0.5, 0.6) is 0 Å². The van der Waals surface area contributed by atoms with E-state index >= 15 is 0 Å². The smallest absolute Gasteiger partial charge is 0.227 e. The first-order valence-corrected chi connectivity index (χ1v) is 18.1. The molecule has 6 heteroatoms. The summed E-state index contributed by atoms with van der Waals surface area (Å²) in [6.45, 7) is 0. The maximum absolute atomic E-state index is 6.26. The van der Waals surface area contributed by atoms with E-state index in [0.29, 0.717) is 11.8 Å². The summed E-state index contributed by atoms with van der Waals surface area (Å²) in [6, 6.07) is 59.4. The van der Waals surface area contributed by atoms with E-state index in [4.69, 9.17) is 18.8 Å². The summed E-state index contributed by atoms with van der Waals surface area (Å²) < 4.78 is 17.3. The third kappa shape index (κ3) is 4.16. The van der Waals surface area contributed by atoms with Gasteiger partial charge in [0.05, 0.1) is 33.4 Å². The molecule has 252 valence electrons. The van der Waals surface area contributed by atoms with Gasteiger partial charge in [0.15, 0.2) is 11.2 Å². The third-order valence-corrected chi connectivity index (χ3v) is 10.8. The Balaban J connectivity index is 1.13. The largest absolute Gasteiger partial charge is 0.436 e. The number of fused-ring (bicyclic) bond motifs is 9. The van der Waals surface area contributed by atoms with E-state index in [1.165, 1.54) is 27.2 Å². The first-order valence-electron chi connectivity index (χ1n) is 18.1. The Labute approximate surface area is 307 Å². The molecule has 0 spiro atoms. The first kappa shape index (κ1) is 29.2. The topological polar surface area (TPSA) is 61.9 Å². The lowest BCUT2D eigenvalue weighted by Gasteiger charge is -2.16. The van der Waals surface area contributed by atoms with Crippen molar-refractivity contribution in [2.24, 2.45) is 0 Å². The van der Waals surface area contributed by atoms with Crippen molar-refractivity contribution in [1.82, 2.24) is 19.1 Å². The van der Waals surface area contributed by atoms with E-state index in [2.05, 4.69) is 130 Å². The van der Waals surface area contributed by atoms with Crippen molar-refractivity contribution in [3.63, 3.8) is 0 Å². The first-order chi connectivity index (χ1) is 26.8. The van der Waals surface area contributed by atoms with Gasteiger partial charge in [0, 0.05) is 43.4 Å². The van der Waals surface area contributed by atoms with Crippen molar-refractivity contribution < 1.29 is 8.83 Å². The lowest BCUT2D eigenvalue weighted by atomic mass is 10.1. The molecule has 0 saturated carbocycles. The van der Waals surface area contributed by atoms with Crippen LogP contribution in [0.2, 0.25) is 0 Å². The van der Waals surface area contributed by atoms with Crippen LogP contribution in [0.4, 0.5) is 0 Å². The average Bonchev–Trinajstić information content (AvgIpc) is 4.01. The average molecular weight is 693 g/mol. The molecule has 0 N–H and O–H groups in total. The van der Waals surface area contributed by atoms with Gasteiger partial charge in [0.2, 0.25) is 11.8 Å². The maximum Gasteiger partial charge on any atom is 0.227 e. The van der Waals surface area contributed by atoms with E-state index in [-0.39, 0.29) is 0 Å². The van der Waals surface area contributed by atoms with Crippen LogP contribution in [0.1, 0.15) is 0 Å². The van der Waals surface area contributed by atoms with Gasteiger partial charge in [0.25, 0.3) is 0 Å². The molecule has 0 aliphatic rings. The number of hydrogen-bond donors (Lipinski definition) is 0. The number of oxazole rings is 2. The lowest BCUT2D eigenvalue weighted by molar-refractivity contribution is 0.619. The molecule has 0 amide bonds. The zero-order valence-electron chi connectivity index (χ0n) is 28.8. The van der Waals surface area contributed by atoms with Crippen molar-refractivity contribution in [2.45, 2.75) is 0 Å². The molecule has 12 aromatic rings. The van der Waals surface area contributed by atoms with Crippen LogP contribution in [0.15, 0.2) is 179 Å². The standard InChI is InChI=1S/C48H28N4O2/c1-2-12-34-33(11-1)41(51-39-17-7-3-13-31(39)32-14-4-8-18-40(32)51)25-26-42(34)52-43-23-21-29(47-49-37-15-5-9-19-45(37)53-47)27-35(43)36-28-30(22-24-44(36)52)48-50-38-16-6-10-20-46(38)54-48/h1-28H. The molecule has 0 unspecified atom stereocenters. The Morgan fingerprint density at radius 2 is 0.722 bits per heavy atom. The van der Waals surface area contributed by atoms with Crippen LogP contribution >= 0.6 is 0 Å². The van der Waals surface area contributed by atoms with Gasteiger partial charge in [-0.25, -0.2) is 9.97 Å². The second kappa shape index (κ2) is 11.0. The molecule has 4 heterocycles. The summed E-state index contributed by atoms with van der Waals surface area (Å²) in [5.74, 6) is 1.19. The minimum Gasteiger partial charge on any atom is -0.436 e. The monoisotopic (exact) mass is 692 g/mol. The minimum absolute atomic E-state index is 0.593. The molecule has 0 fully saturated rings. The van der Waals surface area contributed by atoms with Crippen molar-refractivity contribution in [1.29, 1.82) is 0 Å². The molecule has 0 atom stereocenters. The maximum atomic E-state index is 6.26. The Hall–Kier alpha value is -7.44. The highest BCUT2D eigenvalue weighted by molar-refractivity contribution is 6.14. The van der Waals surface area contributed by atoms with Crippen LogP contribution in [0.3, 0.4) is 0 Å². The van der Waals surface area contributed by atoms with Gasteiger partial charge in [-0.15, -0.1) is 0 Å². The molecule has 0 radical (unpaired) electrons. The Morgan fingerprint density at radius 1 is 0.333 bits per heavy atom. The third-order valence-electron chi connectivity index (χ3n) is 10.8. The second-order valence-electron chi connectivity index (χ2n) is 13.8. The van der Waals surface area contributed by atoms with Crippen molar-refractivity contribution >= 4 is 76.6 Å². The van der Waals surface area contributed by atoms with Crippen LogP contribution < -0.4 is 0 Å². The summed E-state index contributed by atoms with van der Waals surface area (Å²) in [6.07, 6.45) is 0. The highest BCUT2D eigenvalue weighted by Gasteiger charge is 2.21. The van der Waals surface area contributed by atoms with E-state index < -0.39 is 0 Å². The molecule has 6 nitrogen and oxygen atoms in total. The van der Waals surface area contributed by atoms with Gasteiger partial charge < -0.3 is 18.0 Å². The Bertz CT molecular complexity index is 3220. The van der Waals surface area contributed by atoms with E-state index in [0.717, 1.165) is 71.9 Å². The second-order valence-corrected chi connectivity index (χ2v) is 13.8. The fourth-order valence-electron chi connectivity index (χ4n) is 8.38. The van der Waals surface area contributed by atoms with Crippen LogP contribution in [0.25, 0.3) is 111 Å². The predicted octanol–water partition coefficient (Wildman–Crippen LogP) is 12.7. The molecule has 0 bridgehead atoms. The quantitative estimate of drug-likeness (QED) is 0.184. The van der Waals surface area contributed by atoms with Gasteiger partial charge in [0.1, 0.15) is 11.0 Å². The van der Waals surface area contributed by atoms with Gasteiger partial charge in [-0.3, -0.25) is 0 Å². The number of aromatic nitrogens is 4. The fraction of sp³-hybridized carbons (Fsp3) is 0. The van der Waals surface area contributed by atoms with Crippen LogP contribution in [0, 0.1) is 0 Å². The van der Waals surface area contributed by atoms with E-state index in [9.17, 15) is 0 Å².